The normalized spacial score (nSPS) is 11.0. The van der Waals surface area contributed by atoms with Gasteiger partial charge < -0.3 is 9.88 Å². The van der Waals surface area contributed by atoms with Crippen LogP contribution >= 0.6 is 0 Å². The van der Waals surface area contributed by atoms with Crippen molar-refractivity contribution in [2.24, 2.45) is 0 Å². The predicted octanol–water partition coefficient (Wildman–Crippen LogP) is 3.57. The Hall–Kier alpha value is -2.76. The molecule has 6 heteroatoms. The molecular weight excluding hydrogens is 300 g/mol. The Kier molecular flexibility index (Phi) is 3.82. The second-order valence-electron chi connectivity index (χ2n) is 5.47. The number of carbonyl (C=O) groups excluding carboxylic acids is 1. The molecule has 1 heterocycles. The number of imidazole rings is 1. The van der Waals surface area contributed by atoms with E-state index in [1.54, 1.807) is 10.9 Å². The zero-order valence-electron chi connectivity index (χ0n) is 12.7. The molecule has 1 aromatic heterocycles. The molecule has 3 rings (SSSR count). The molecule has 2 aromatic carbocycles. The molecule has 0 radical (unpaired) electrons. The topological polar surface area (TPSA) is 46.9 Å². The highest BCUT2D eigenvalue weighted by Gasteiger charge is 2.11. The quantitative estimate of drug-likeness (QED) is 0.803. The molecule has 1 N–H and O–H groups in total. The van der Waals surface area contributed by atoms with E-state index in [-0.39, 0.29) is 12.2 Å². The van der Waals surface area contributed by atoms with Gasteiger partial charge in [-0.05, 0) is 49.2 Å². The first kappa shape index (κ1) is 15.1. The van der Waals surface area contributed by atoms with Crippen molar-refractivity contribution in [3.63, 3.8) is 0 Å². The Balaban J connectivity index is 1.81. The summed E-state index contributed by atoms with van der Waals surface area (Å²) in [5.74, 6) is -1.90. The molecular formula is C17H15F2N3O. The lowest BCUT2D eigenvalue weighted by atomic mass is 10.1. The van der Waals surface area contributed by atoms with Crippen LogP contribution in [0, 0.1) is 25.5 Å². The van der Waals surface area contributed by atoms with Gasteiger partial charge in [0.25, 0.3) is 0 Å². The number of amides is 1. The van der Waals surface area contributed by atoms with Crippen molar-refractivity contribution < 1.29 is 13.6 Å². The van der Waals surface area contributed by atoms with E-state index in [0.717, 1.165) is 34.3 Å². The van der Waals surface area contributed by atoms with Crippen molar-refractivity contribution in [2.75, 3.05) is 5.32 Å². The molecule has 0 saturated carbocycles. The Morgan fingerprint density at radius 2 is 1.91 bits per heavy atom. The number of nitrogens with one attached hydrogen (secondary N) is 1. The molecule has 0 aliphatic rings. The van der Waals surface area contributed by atoms with Crippen molar-refractivity contribution in [3.05, 3.63) is 59.4 Å². The first-order valence-electron chi connectivity index (χ1n) is 7.11. The van der Waals surface area contributed by atoms with Crippen molar-refractivity contribution >= 4 is 22.6 Å². The summed E-state index contributed by atoms with van der Waals surface area (Å²) in [5, 5.41) is 2.44. The van der Waals surface area contributed by atoms with Gasteiger partial charge in [0.2, 0.25) is 5.91 Å². The molecule has 23 heavy (non-hydrogen) atoms. The molecule has 0 spiro atoms. The van der Waals surface area contributed by atoms with E-state index < -0.39 is 17.5 Å². The van der Waals surface area contributed by atoms with Crippen molar-refractivity contribution in [1.29, 1.82) is 0 Å². The Morgan fingerprint density at radius 3 is 2.65 bits per heavy atom. The fraction of sp³-hybridized carbons (Fsp3) is 0.176. The first-order chi connectivity index (χ1) is 10.9. The van der Waals surface area contributed by atoms with E-state index in [1.165, 1.54) is 6.07 Å². The highest BCUT2D eigenvalue weighted by molar-refractivity contribution is 5.91. The highest BCUT2D eigenvalue weighted by atomic mass is 19.1. The summed E-state index contributed by atoms with van der Waals surface area (Å²) in [5.41, 5.74) is 3.81. The monoisotopic (exact) mass is 315 g/mol. The summed E-state index contributed by atoms with van der Waals surface area (Å²) >= 11 is 0. The molecule has 1 amide bonds. The van der Waals surface area contributed by atoms with Gasteiger partial charge in [-0.3, -0.25) is 4.79 Å². The van der Waals surface area contributed by atoms with Crippen molar-refractivity contribution in [2.45, 2.75) is 20.4 Å². The number of hydrogen-bond donors (Lipinski definition) is 1. The van der Waals surface area contributed by atoms with Gasteiger partial charge in [-0.25, -0.2) is 13.8 Å². The van der Waals surface area contributed by atoms with E-state index in [9.17, 15) is 13.6 Å². The van der Waals surface area contributed by atoms with Gasteiger partial charge in [0.05, 0.1) is 23.0 Å². The van der Waals surface area contributed by atoms with E-state index in [2.05, 4.69) is 10.3 Å². The Morgan fingerprint density at radius 1 is 1.17 bits per heavy atom. The fourth-order valence-electron chi connectivity index (χ4n) is 2.37. The average Bonchev–Trinajstić information content (AvgIpc) is 2.85. The number of aryl methyl sites for hydroxylation is 2. The lowest BCUT2D eigenvalue weighted by Gasteiger charge is -2.08. The zero-order chi connectivity index (χ0) is 16.6. The molecule has 3 aromatic rings. The van der Waals surface area contributed by atoms with Crippen molar-refractivity contribution in [3.8, 4) is 0 Å². The van der Waals surface area contributed by atoms with Gasteiger partial charge in [-0.15, -0.1) is 0 Å². The molecule has 0 fully saturated rings. The number of nitrogens with zero attached hydrogens (tertiary/aromatic N) is 2. The molecule has 0 aliphatic heterocycles. The predicted molar refractivity (Wildman–Crippen MR) is 84.2 cm³/mol. The number of benzene rings is 2. The van der Waals surface area contributed by atoms with Gasteiger partial charge in [-0.1, -0.05) is 0 Å². The van der Waals surface area contributed by atoms with Crippen LogP contribution in [0.25, 0.3) is 11.0 Å². The van der Waals surface area contributed by atoms with Crippen LogP contribution < -0.4 is 5.32 Å². The minimum Gasteiger partial charge on any atom is -0.322 e. The van der Waals surface area contributed by atoms with Crippen LogP contribution in [0.4, 0.5) is 14.5 Å². The third kappa shape index (κ3) is 3.06. The summed E-state index contributed by atoms with van der Waals surface area (Å²) in [6, 6.07) is 6.94. The van der Waals surface area contributed by atoms with Crippen LogP contribution in [-0.4, -0.2) is 15.5 Å². The lowest BCUT2D eigenvalue weighted by molar-refractivity contribution is -0.116. The van der Waals surface area contributed by atoms with Gasteiger partial charge in [0.1, 0.15) is 18.2 Å². The number of aromatic nitrogens is 2. The second kappa shape index (κ2) is 5.79. The fourth-order valence-corrected chi connectivity index (χ4v) is 2.37. The molecule has 0 unspecified atom stereocenters. The summed E-state index contributed by atoms with van der Waals surface area (Å²) < 4.78 is 28.1. The minimum atomic E-state index is -0.805. The average molecular weight is 315 g/mol. The third-order valence-electron chi connectivity index (χ3n) is 3.76. The number of anilines is 1. The van der Waals surface area contributed by atoms with Crippen LogP contribution in [-0.2, 0) is 11.3 Å². The number of hydrogen-bond acceptors (Lipinski definition) is 2. The maximum atomic E-state index is 13.6. The standard InChI is InChI=1S/C17H15F2N3O/c1-10-5-15-16(6-11(10)2)22(9-20-15)8-17(23)21-14-4-3-12(18)7-13(14)19/h3-7,9H,8H2,1-2H3,(H,21,23). The van der Waals surface area contributed by atoms with Crippen LogP contribution in [0.3, 0.4) is 0 Å². The first-order valence-corrected chi connectivity index (χ1v) is 7.11. The van der Waals surface area contributed by atoms with Gasteiger partial charge >= 0.3 is 0 Å². The number of halogens is 2. The Labute approximate surface area is 131 Å². The van der Waals surface area contributed by atoms with E-state index >= 15 is 0 Å². The summed E-state index contributed by atoms with van der Waals surface area (Å²) in [7, 11) is 0. The van der Waals surface area contributed by atoms with Gasteiger partial charge in [0, 0.05) is 6.07 Å². The summed E-state index contributed by atoms with van der Waals surface area (Å²) in [4.78, 5) is 16.4. The minimum absolute atomic E-state index is 0.00415. The number of carbonyl (C=O) groups is 1. The van der Waals surface area contributed by atoms with Gasteiger partial charge in [-0.2, -0.15) is 0 Å². The molecule has 4 nitrogen and oxygen atoms in total. The van der Waals surface area contributed by atoms with E-state index in [1.807, 2.05) is 26.0 Å². The lowest BCUT2D eigenvalue weighted by Crippen LogP contribution is -2.19. The van der Waals surface area contributed by atoms with E-state index in [0.29, 0.717) is 0 Å². The zero-order valence-corrected chi connectivity index (χ0v) is 12.7. The maximum Gasteiger partial charge on any atom is 0.244 e. The van der Waals surface area contributed by atoms with Crippen molar-refractivity contribution in [1.82, 2.24) is 9.55 Å². The molecule has 0 bridgehead atoms. The number of fused-ring (bicyclic) bond motifs is 1. The molecule has 0 aliphatic carbocycles. The largest absolute Gasteiger partial charge is 0.322 e. The molecule has 0 atom stereocenters. The summed E-state index contributed by atoms with van der Waals surface area (Å²) in [6.45, 7) is 3.98. The van der Waals surface area contributed by atoms with Crippen LogP contribution in [0.15, 0.2) is 36.7 Å². The van der Waals surface area contributed by atoms with Gasteiger partial charge in [0.15, 0.2) is 0 Å². The number of rotatable bonds is 3. The summed E-state index contributed by atoms with van der Waals surface area (Å²) in [6.07, 6.45) is 1.57. The smallest absolute Gasteiger partial charge is 0.244 e. The molecule has 118 valence electrons. The van der Waals surface area contributed by atoms with Crippen LogP contribution in [0.1, 0.15) is 11.1 Å². The SMILES string of the molecule is Cc1cc2ncn(CC(=O)Nc3ccc(F)cc3F)c2cc1C. The third-order valence-corrected chi connectivity index (χ3v) is 3.76. The second-order valence-corrected chi connectivity index (χ2v) is 5.47. The van der Waals surface area contributed by atoms with Crippen LogP contribution in [0.2, 0.25) is 0 Å². The maximum absolute atomic E-state index is 13.6. The Bertz CT molecular complexity index is 902. The van der Waals surface area contributed by atoms with E-state index in [4.69, 9.17) is 0 Å². The highest BCUT2D eigenvalue weighted by Crippen LogP contribution is 2.19. The molecule has 0 saturated heterocycles. The van der Waals surface area contributed by atoms with Crippen LogP contribution in [0.5, 0.6) is 0 Å².